The number of carbonyl (C=O) groups excluding carboxylic acids is 1. The number of fused-ring (bicyclic) bond motifs is 1. The van der Waals surface area contributed by atoms with Gasteiger partial charge in [-0.05, 0) is 62.1 Å². The van der Waals surface area contributed by atoms with Crippen LogP contribution in [0.15, 0.2) is 59.4 Å². The van der Waals surface area contributed by atoms with Crippen molar-refractivity contribution in [1.82, 2.24) is 4.57 Å². The number of aryl methyl sites for hydroxylation is 2. The van der Waals surface area contributed by atoms with Gasteiger partial charge in [-0.15, -0.1) is 0 Å². The molecule has 146 valence electrons. The van der Waals surface area contributed by atoms with Crippen molar-refractivity contribution in [1.29, 1.82) is 0 Å². The Morgan fingerprint density at radius 1 is 1.07 bits per heavy atom. The summed E-state index contributed by atoms with van der Waals surface area (Å²) in [6.45, 7) is 2.68. The van der Waals surface area contributed by atoms with Crippen LogP contribution in [-0.2, 0) is 13.0 Å². The van der Waals surface area contributed by atoms with E-state index in [1.54, 1.807) is 34.7 Å². The predicted molar refractivity (Wildman–Crippen MR) is 113 cm³/mol. The van der Waals surface area contributed by atoms with E-state index in [1.807, 2.05) is 43.3 Å². The van der Waals surface area contributed by atoms with Gasteiger partial charge in [-0.2, -0.15) is 0 Å². The summed E-state index contributed by atoms with van der Waals surface area (Å²) >= 11 is 0. The Balaban J connectivity index is 2.05. The number of hydrogen-bond acceptors (Lipinski definition) is 3. The van der Waals surface area contributed by atoms with E-state index in [4.69, 9.17) is 5.11 Å². The van der Waals surface area contributed by atoms with Gasteiger partial charge < -0.3 is 14.6 Å². The fourth-order valence-electron chi connectivity index (χ4n) is 3.50. The van der Waals surface area contributed by atoms with Gasteiger partial charge in [-0.3, -0.25) is 9.59 Å². The molecule has 1 aromatic heterocycles. The van der Waals surface area contributed by atoms with Crippen LogP contribution in [0.1, 0.15) is 35.7 Å². The first-order valence-electron chi connectivity index (χ1n) is 9.67. The van der Waals surface area contributed by atoms with Gasteiger partial charge in [0.2, 0.25) is 0 Å². The molecular formula is C23H26N2O3. The Labute approximate surface area is 164 Å². The number of carbonyl (C=O) groups is 1. The van der Waals surface area contributed by atoms with Crippen molar-refractivity contribution in [2.24, 2.45) is 0 Å². The maximum atomic E-state index is 12.8. The minimum Gasteiger partial charge on any atom is -0.396 e. The molecule has 3 aromatic rings. The van der Waals surface area contributed by atoms with Gasteiger partial charge in [0, 0.05) is 42.9 Å². The van der Waals surface area contributed by atoms with E-state index in [1.165, 1.54) is 0 Å². The summed E-state index contributed by atoms with van der Waals surface area (Å²) in [6.07, 6.45) is 2.23. The molecule has 1 N–H and O–H groups in total. The maximum absolute atomic E-state index is 12.8. The van der Waals surface area contributed by atoms with Gasteiger partial charge in [-0.25, -0.2) is 0 Å². The van der Waals surface area contributed by atoms with Crippen molar-refractivity contribution in [2.45, 2.75) is 32.7 Å². The Kier molecular flexibility index (Phi) is 6.26. The van der Waals surface area contributed by atoms with Crippen LogP contribution in [-0.4, -0.2) is 29.2 Å². The van der Waals surface area contributed by atoms with Gasteiger partial charge in [-0.1, -0.05) is 18.2 Å². The van der Waals surface area contributed by atoms with E-state index in [-0.39, 0.29) is 18.1 Å². The number of anilines is 1. The molecule has 0 atom stereocenters. The zero-order valence-electron chi connectivity index (χ0n) is 16.4. The topological polar surface area (TPSA) is 62.5 Å². The number of aromatic nitrogens is 1. The van der Waals surface area contributed by atoms with E-state index in [0.717, 1.165) is 35.0 Å². The number of unbranched alkanes of at least 4 members (excludes halogenated alkanes) is 1. The van der Waals surface area contributed by atoms with Crippen LogP contribution in [0.5, 0.6) is 0 Å². The highest BCUT2D eigenvalue weighted by atomic mass is 16.3. The van der Waals surface area contributed by atoms with Gasteiger partial charge >= 0.3 is 0 Å². The number of amides is 1. The summed E-state index contributed by atoms with van der Waals surface area (Å²) < 4.78 is 1.74. The molecule has 0 aliphatic rings. The van der Waals surface area contributed by atoms with E-state index >= 15 is 0 Å². The summed E-state index contributed by atoms with van der Waals surface area (Å²) in [6, 6.07) is 16.6. The van der Waals surface area contributed by atoms with Crippen molar-refractivity contribution in [3.8, 4) is 0 Å². The van der Waals surface area contributed by atoms with Crippen molar-refractivity contribution in [2.75, 3.05) is 18.6 Å². The van der Waals surface area contributed by atoms with Gasteiger partial charge in [0.15, 0.2) is 0 Å². The molecule has 0 bridgehead atoms. The molecule has 0 fully saturated rings. The van der Waals surface area contributed by atoms with Crippen molar-refractivity contribution < 1.29 is 9.90 Å². The molecule has 28 heavy (non-hydrogen) atoms. The average Bonchev–Trinajstić information content (AvgIpc) is 2.73. The maximum Gasteiger partial charge on any atom is 0.258 e. The molecule has 5 heteroatoms. The molecule has 0 saturated heterocycles. The largest absolute Gasteiger partial charge is 0.396 e. The number of rotatable bonds is 7. The van der Waals surface area contributed by atoms with Gasteiger partial charge in [0.1, 0.15) is 0 Å². The van der Waals surface area contributed by atoms with E-state index < -0.39 is 0 Å². The van der Waals surface area contributed by atoms with Crippen molar-refractivity contribution in [3.05, 3.63) is 76.1 Å². The van der Waals surface area contributed by atoms with Crippen LogP contribution in [0.4, 0.5) is 5.69 Å². The van der Waals surface area contributed by atoms with E-state index in [0.29, 0.717) is 18.5 Å². The molecule has 0 unspecified atom stereocenters. The Hall–Kier alpha value is -2.92. The highest BCUT2D eigenvalue weighted by molar-refractivity contribution is 6.06. The molecule has 0 radical (unpaired) electrons. The lowest BCUT2D eigenvalue weighted by molar-refractivity contribution is 0.0993. The fraction of sp³-hybridized carbons (Fsp3) is 0.304. The number of aliphatic hydroxyl groups is 1. The Morgan fingerprint density at radius 2 is 1.82 bits per heavy atom. The number of nitrogens with zero attached hydrogens (tertiary/aromatic N) is 2. The third-order valence-corrected chi connectivity index (χ3v) is 5.06. The number of hydrogen-bond donors (Lipinski definition) is 1. The van der Waals surface area contributed by atoms with Crippen LogP contribution in [0.2, 0.25) is 0 Å². The third kappa shape index (κ3) is 3.99. The summed E-state index contributed by atoms with van der Waals surface area (Å²) in [5, 5.41) is 10.0. The quantitative estimate of drug-likeness (QED) is 0.639. The summed E-state index contributed by atoms with van der Waals surface area (Å²) in [7, 11) is 1.76. The molecule has 5 nitrogen and oxygen atoms in total. The molecule has 1 heterocycles. The molecule has 2 aromatic carbocycles. The summed E-state index contributed by atoms with van der Waals surface area (Å²) in [4.78, 5) is 26.9. The Bertz CT molecular complexity index is 1030. The average molecular weight is 378 g/mol. The lowest BCUT2D eigenvalue weighted by Gasteiger charge is -2.20. The second kappa shape index (κ2) is 8.85. The van der Waals surface area contributed by atoms with Crippen LogP contribution >= 0.6 is 0 Å². The van der Waals surface area contributed by atoms with Crippen LogP contribution in [0.25, 0.3) is 10.9 Å². The second-order valence-electron chi connectivity index (χ2n) is 6.86. The molecule has 0 aliphatic carbocycles. The first-order chi connectivity index (χ1) is 13.6. The fourth-order valence-corrected chi connectivity index (χ4v) is 3.50. The standard InChI is InChI=1S/C23H26N2O3/c1-3-25-21-13-12-19(24(2)23(28)17-9-5-4-6-10-17)16-20(21)18(15-22(25)27)11-7-8-14-26/h4-6,9-10,12-13,15-16,26H,3,7-8,11,14H2,1-2H3. The minimum absolute atomic E-state index is 0.0181. The van der Waals surface area contributed by atoms with Crippen LogP contribution in [0.3, 0.4) is 0 Å². The highest BCUT2D eigenvalue weighted by Crippen LogP contribution is 2.25. The zero-order chi connectivity index (χ0) is 20.1. The van der Waals surface area contributed by atoms with Gasteiger partial charge in [0.25, 0.3) is 11.5 Å². The first kappa shape index (κ1) is 19.8. The van der Waals surface area contributed by atoms with Crippen LogP contribution < -0.4 is 10.5 Å². The van der Waals surface area contributed by atoms with E-state index in [9.17, 15) is 9.59 Å². The smallest absolute Gasteiger partial charge is 0.258 e. The molecule has 0 saturated carbocycles. The first-order valence-corrected chi connectivity index (χ1v) is 9.67. The lowest BCUT2D eigenvalue weighted by atomic mass is 10.0. The van der Waals surface area contributed by atoms with E-state index in [2.05, 4.69) is 0 Å². The summed E-state index contributed by atoms with van der Waals surface area (Å²) in [5.74, 6) is -0.0782. The highest BCUT2D eigenvalue weighted by Gasteiger charge is 2.15. The Morgan fingerprint density at radius 3 is 2.50 bits per heavy atom. The SMILES string of the molecule is CCn1c(=O)cc(CCCCO)c2cc(N(C)C(=O)c3ccccc3)ccc21. The summed E-state index contributed by atoms with van der Waals surface area (Å²) in [5.41, 5.74) is 3.23. The minimum atomic E-state index is -0.0782. The number of aliphatic hydroxyl groups excluding tert-OH is 1. The molecule has 3 rings (SSSR count). The normalized spacial score (nSPS) is 11.0. The lowest BCUT2D eigenvalue weighted by Crippen LogP contribution is -2.26. The molecule has 1 amide bonds. The third-order valence-electron chi connectivity index (χ3n) is 5.06. The number of benzene rings is 2. The zero-order valence-corrected chi connectivity index (χ0v) is 16.4. The van der Waals surface area contributed by atoms with Gasteiger partial charge in [0.05, 0.1) is 5.52 Å². The molecular weight excluding hydrogens is 352 g/mol. The predicted octanol–water partition coefficient (Wildman–Crippen LogP) is 3.61. The number of pyridine rings is 1. The van der Waals surface area contributed by atoms with Crippen molar-refractivity contribution in [3.63, 3.8) is 0 Å². The molecule has 0 spiro atoms. The van der Waals surface area contributed by atoms with Crippen LogP contribution in [0, 0.1) is 0 Å². The second-order valence-corrected chi connectivity index (χ2v) is 6.86. The van der Waals surface area contributed by atoms with Crippen molar-refractivity contribution >= 4 is 22.5 Å². The molecule has 0 aliphatic heterocycles. The monoisotopic (exact) mass is 378 g/mol.